The first-order chi connectivity index (χ1) is 16.4. The van der Waals surface area contributed by atoms with Crippen molar-refractivity contribution in [3.63, 3.8) is 0 Å². The molecule has 0 fully saturated rings. The van der Waals surface area contributed by atoms with Crippen LogP contribution >= 0.6 is 0 Å². The van der Waals surface area contributed by atoms with Crippen molar-refractivity contribution >= 4 is 35.3 Å². The molecule has 0 aliphatic carbocycles. The summed E-state index contributed by atoms with van der Waals surface area (Å²) in [5.41, 5.74) is 1.64. The van der Waals surface area contributed by atoms with Crippen LogP contribution in [0.4, 0.5) is 5.69 Å². The van der Waals surface area contributed by atoms with Crippen molar-refractivity contribution in [2.45, 2.75) is 0 Å². The standard InChI is InChI=1S/C27H23NO6/c1-34-23-14-8-20(9-15-23)28-27(33)26(24(31)16-6-18-2-10-21(29)11-3-18)25(32)17-7-19-4-12-22(30)13-5-19/h2-17,26,29-30H,1H3,(H,28,33)/b16-6+,17-7+. The van der Waals surface area contributed by atoms with Gasteiger partial charge < -0.3 is 20.3 Å². The smallest absolute Gasteiger partial charge is 0.243 e. The van der Waals surface area contributed by atoms with Gasteiger partial charge in [-0.1, -0.05) is 36.4 Å². The van der Waals surface area contributed by atoms with E-state index in [-0.39, 0.29) is 11.5 Å². The number of anilines is 1. The molecule has 7 heteroatoms. The first kappa shape index (κ1) is 24.0. The average Bonchev–Trinajstić information content (AvgIpc) is 2.84. The van der Waals surface area contributed by atoms with Gasteiger partial charge in [0.05, 0.1) is 7.11 Å². The molecule has 34 heavy (non-hydrogen) atoms. The number of rotatable bonds is 9. The van der Waals surface area contributed by atoms with Crippen LogP contribution in [0.2, 0.25) is 0 Å². The summed E-state index contributed by atoms with van der Waals surface area (Å²) in [4.78, 5) is 38.8. The molecule has 0 bridgehead atoms. The third-order valence-electron chi connectivity index (χ3n) is 4.86. The van der Waals surface area contributed by atoms with E-state index >= 15 is 0 Å². The Hall–Kier alpha value is -4.65. The Balaban J connectivity index is 1.83. The highest BCUT2D eigenvalue weighted by atomic mass is 16.5. The second-order valence-electron chi connectivity index (χ2n) is 7.31. The van der Waals surface area contributed by atoms with E-state index in [1.54, 1.807) is 48.5 Å². The van der Waals surface area contributed by atoms with E-state index < -0.39 is 23.4 Å². The molecule has 0 radical (unpaired) electrons. The van der Waals surface area contributed by atoms with Crippen LogP contribution in [0.5, 0.6) is 17.2 Å². The highest BCUT2D eigenvalue weighted by Gasteiger charge is 2.31. The van der Waals surface area contributed by atoms with Gasteiger partial charge in [0.1, 0.15) is 17.2 Å². The van der Waals surface area contributed by atoms with Crippen LogP contribution in [0, 0.1) is 5.92 Å². The molecule has 0 heterocycles. The molecule has 0 aliphatic heterocycles. The SMILES string of the molecule is COc1ccc(NC(=O)C(C(=O)/C=C/c2ccc(O)cc2)C(=O)/C=C/c2ccc(O)cc2)cc1. The van der Waals surface area contributed by atoms with Gasteiger partial charge in [-0.3, -0.25) is 14.4 Å². The zero-order chi connectivity index (χ0) is 24.5. The number of hydrogen-bond donors (Lipinski definition) is 3. The van der Waals surface area contributed by atoms with Gasteiger partial charge in [-0.05, 0) is 71.8 Å². The summed E-state index contributed by atoms with van der Waals surface area (Å²) in [6, 6.07) is 18.7. The van der Waals surface area contributed by atoms with Crippen LogP contribution < -0.4 is 10.1 Å². The van der Waals surface area contributed by atoms with Crippen molar-refractivity contribution in [3.05, 3.63) is 96.1 Å². The number of aromatic hydroxyl groups is 2. The molecule has 172 valence electrons. The Labute approximate surface area is 196 Å². The van der Waals surface area contributed by atoms with E-state index in [1.807, 2.05) is 0 Å². The monoisotopic (exact) mass is 457 g/mol. The van der Waals surface area contributed by atoms with E-state index in [0.717, 1.165) is 12.2 Å². The van der Waals surface area contributed by atoms with E-state index in [0.29, 0.717) is 22.6 Å². The first-order valence-corrected chi connectivity index (χ1v) is 10.3. The second kappa shape index (κ2) is 11.3. The highest BCUT2D eigenvalue weighted by molar-refractivity contribution is 6.28. The Morgan fingerprint density at radius 3 is 1.59 bits per heavy atom. The van der Waals surface area contributed by atoms with Gasteiger partial charge in [0, 0.05) is 5.69 Å². The summed E-state index contributed by atoms with van der Waals surface area (Å²) >= 11 is 0. The third-order valence-corrected chi connectivity index (χ3v) is 4.86. The number of phenols is 2. The highest BCUT2D eigenvalue weighted by Crippen LogP contribution is 2.18. The molecular formula is C27H23NO6. The molecule has 3 aromatic rings. The Morgan fingerprint density at radius 2 is 1.18 bits per heavy atom. The molecule has 0 aromatic heterocycles. The van der Waals surface area contributed by atoms with Crippen molar-refractivity contribution in [2.75, 3.05) is 12.4 Å². The van der Waals surface area contributed by atoms with Crippen LogP contribution in [0.15, 0.2) is 84.9 Å². The Kier molecular flexibility index (Phi) is 7.97. The van der Waals surface area contributed by atoms with Crippen LogP contribution in [0.3, 0.4) is 0 Å². The van der Waals surface area contributed by atoms with Gasteiger partial charge in [0.2, 0.25) is 5.91 Å². The van der Waals surface area contributed by atoms with Gasteiger partial charge in [-0.2, -0.15) is 0 Å². The maximum Gasteiger partial charge on any atom is 0.243 e. The average molecular weight is 457 g/mol. The lowest BCUT2D eigenvalue weighted by Crippen LogP contribution is -2.34. The van der Waals surface area contributed by atoms with Crippen LogP contribution in [-0.4, -0.2) is 34.8 Å². The Morgan fingerprint density at radius 1 is 0.735 bits per heavy atom. The summed E-state index contributed by atoms with van der Waals surface area (Å²) in [5.74, 6) is -3.02. The number of methoxy groups -OCH3 is 1. The fraction of sp³-hybridized carbons (Fsp3) is 0.0741. The van der Waals surface area contributed by atoms with Gasteiger partial charge in [-0.15, -0.1) is 0 Å². The summed E-state index contributed by atoms with van der Waals surface area (Å²) < 4.78 is 5.09. The zero-order valence-electron chi connectivity index (χ0n) is 18.3. The Bertz CT molecular complexity index is 1140. The quantitative estimate of drug-likeness (QED) is 0.327. The minimum absolute atomic E-state index is 0.0785. The lowest BCUT2D eigenvalue weighted by molar-refractivity contribution is -0.134. The molecule has 0 unspecified atom stereocenters. The lowest BCUT2D eigenvalue weighted by Gasteiger charge is -2.12. The predicted octanol–water partition coefficient (Wildman–Crippen LogP) is 4.23. The summed E-state index contributed by atoms with van der Waals surface area (Å²) in [6.07, 6.45) is 5.26. The number of ketones is 2. The van der Waals surface area contributed by atoms with Crippen molar-refractivity contribution in [1.29, 1.82) is 0 Å². The first-order valence-electron chi connectivity index (χ1n) is 10.3. The van der Waals surface area contributed by atoms with E-state index in [9.17, 15) is 24.6 Å². The predicted molar refractivity (Wildman–Crippen MR) is 129 cm³/mol. The molecule has 3 aromatic carbocycles. The molecule has 0 spiro atoms. The van der Waals surface area contributed by atoms with Gasteiger partial charge >= 0.3 is 0 Å². The maximum absolute atomic E-state index is 12.9. The topological polar surface area (TPSA) is 113 Å². The van der Waals surface area contributed by atoms with Crippen LogP contribution in [0.25, 0.3) is 12.2 Å². The van der Waals surface area contributed by atoms with Crippen LogP contribution in [-0.2, 0) is 14.4 Å². The largest absolute Gasteiger partial charge is 0.508 e. The number of benzene rings is 3. The molecule has 0 aliphatic rings. The van der Waals surface area contributed by atoms with Crippen molar-refractivity contribution in [3.8, 4) is 17.2 Å². The minimum Gasteiger partial charge on any atom is -0.508 e. The normalized spacial score (nSPS) is 11.1. The van der Waals surface area contributed by atoms with Gasteiger partial charge in [0.25, 0.3) is 0 Å². The van der Waals surface area contributed by atoms with E-state index in [1.165, 1.54) is 43.5 Å². The molecule has 0 saturated carbocycles. The minimum atomic E-state index is -1.61. The van der Waals surface area contributed by atoms with Gasteiger partial charge in [-0.25, -0.2) is 0 Å². The molecule has 0 saturated heterocycles. The van der Waals surface area contributed by atoms with Crippen molar-refractivity contribution in [1.82, 2.24) is 0 Å². The number of ether oxygens (including phenoxy) is 1. The summed E-state index contributed by atoms with van der Waals surface area (Å²) in [6.45, 7) is 0. The fourth-order valence-electron chi connectivity index (χ4n) is 3.01. The number of phenolic OH excluding ortho intramolecular Hbond substituents is 2. The number of hydrogen-bond acceptors (Lipinski definition) is 6. The van der Waals surface area contributed by atoms with E-state index in [4.69, 9.17) is 4.74 Å². The number of carbonyl (C=O) groups excluding carboxylic acids is 3. The van der Waals surface area contributed by atoms with Crippen molar-refractivity contribution in [2.24, 2.45) is 5.92 Å². The fourth-order valence-corrected chi connectivity index (χ4v) is 3.01. The molecule has 0 atom stereocenters. The molecule has 1 amide bonds. The van der Waals surface area contributed by atoms with Gasteiger partial charge in [0.15, 0.2) is 17.5 Å². The lowest BCUT2D eigenvalue weighted by atomic mass is 9.95. The van der Waals surface area contributed by atoms with Crippen molar-refractivity contribution < 1.29 is 29.3 Å². The maximum atomic E-state index is 12.9. The molecule has 3 rings (SSSR count). The molecule has 3 N–H and O–H groups in total. The number of amides is 1. The summed E-state index contributed by atoms with van der Waals surface area (Å²) in [5, 5.41) is 21.4. The zero-order valence-corrected chi connectivity index (χ0v) is 18.3. The molecule has 7 nitrogen and oxygen atoms in total. The molecular weight excluding hydrogens is 434 g/mol. The second-order valence-corrected chi connectivity index (χ2v) is 7.31. The third kappa shape index (κ3) is 6.67. The number of carbonyl (C=O) groups is 3. The summed E-state index contributed by atoms with van der Waals surface area (Å²) in [7, 11) is 1.52. The van der Waals surface area contributed by atoms with E-state index in [2.05, 4.69) is 5.32 Å². The van der Waals surface area contributed by atoms with Crippen LogP contribution in [0.1, 0.15) is 11.1 Å². The number of nitrogens with one attached hydrogen (secondary N) is 1. The number of allylic oxidation sites excluding steroid dienone is 2.